The third-order valence-corrected chi connectivity index (χ3v) is 5.09. The first kappa shape index (κ1) is 23.4. The molecule has 4 rings (SSSR count). The van der Waals surface area contributed by atoms with Gasteiger partial charge >= 0.3 is 0 Å². The van der Waals surface area contributed by atoms with Gasteiger partial charge in [0, 0.05) is 29.1 Å². The maximum Gasteiger partial charge on any atom is 0.293 e. The molecule has 35 heavy (non-hydrogen) atoms. The minimum atomic E-state index is -0.598. The molecule has 0 fully saturated rings. The fourth-order valence-electron chi connectivity index (χ4n) is 3.14. The van der Waals surface area contributed by atoms with Gasteiger partial charge in [-0.3, -0.25) is 25.0 Å². The zero-order valence-electron chi connectivity index (χ0n) is 18.2. The van der Waals surface area contributed by atoms with Crippen molar-refractivity contribution in [3.8, 4) is 11.3 Å². The van der Waals surface area contributed by atoms with E-state index in [4.69, 9.17) is 21.1 Å². The van der Waals surface area contributed by atoms with Crippen LogP contribution in [0.2, 0.25) is 0 Å². The SMILES string of the molecule is Cc1ccc(NC(=O)c2ccco2)cc1NC(=S)NC(=O)c1ccc(-c2cccc([N+](=O)[O-])c2)o1. The highest BCUT2D eigenvalue weighted by atomic mass is 32.1. The van der Waals surface area contributed by atoms with Gasteiger partial charge in [-0.25, -0.2) is 0 Å². The molecule has 10 nitrogen and oxygen atoms in total. The van der Waals surface area contributed by atoms with Crippen LogP contribution in [0.5, 0.6) is 0 Å². The van der Waals surface area contributed by atoms with Crippen molar-refractivity contribution in [1.82, 2.24) is 5.32 Å². The lowest BCUT2D eigenvalue weighted by Gasteiger charge is -2.13. The fraction of sp³-hybridized carbons (Fsp3) is 0.0417. The van der Waals surface area contributed by atoms with Gasteiger partial charge in [-0.2, -0.15) is 0 Å². The summed E-state index contributed by atoms with van der Waals surface area (Å²) in [5.74, 6) is -0.552. The summed E-state index contributed by atoms with van der Waals surface area (Å²) in [6.45, 7) is 1.84. The number of thiocarbonyl (C=S) groups is 1. The molecule has 0 unspecified atom stereocenters. The van der Waals surface area contributed by atoms with Crippen LogP contribution < -0.4 is 16.0 Å². The summed E-state index contributed by atoms with van der Waals surface area (Å²) in [6, 6.07) is 17.2. The van der Waals surface area contributed by atoms with Gasteiger partial charge in [-0.15, -0.1) is 0 Å². The highest BCUT2D eigenvalue weighted by Crippen LogP contribution is 2.26. The van der Waals surface area contributed by atoms with Crippen LogP contribution in [0.3, 0.4) is 0 Å². The van der Waals surface area contributed by atoms with E-state index in [1.807, 2.05) is 6.92 Å². The van der Waals surface area contributed by atoms with Crippen LogP contribution in [0.4, 0.5) is 17.1 Å². The molecule has 0 aliphatic rings. The number of hydrogen-bond acceptors (Lipinski definition) is 7. The minimum Gasteiger partial charge on any atom is -0.459 e. The van der Waals surface area contributed by atoms with Gasteiger partial charge in [0.25, 0.3) is 17.5 Å². The number of rotatable bonds is 6. The second-order valence-electron chi connectivity index (χ2n) is 7.34. The van der Waals surface area contributed by atoms with E-state index < -0.39 is 16.7 Å². The van der Waals surface area contributed by atoms with Crippen molar-refractivity contribution in [3.63, 3.8) is 0 Å². The Balaban J connectivity index is 1.41. The number of carbonyl (C=O) groups excluding carboxylic acids is 2. The summed E-state index contributed by atoms with van der Waals surface area (Å²) >= 11 is 5.25. The lowest BCUT2D eigenvalue weighted by molar-refractivity contribution is -0.384. The molecule has 0 bridgehead atoms. The Morgan fingerprint density at radius 2 is 1.77 bits per heavy atom. The van der Waals surface area contributed by atoms with E-state index in [9.17, 15) is 19.7 Å². The summed E-state index contributed by atoms with van der Waals surface area (Å²) in [5, 5.41) is 19.2. The zero-order chi connectivity index (χ0) is 24.9. The van der Waals surface area contributed by atoms with Crippen LogP contribution in [0.25, 0.3) is 11.3 Å². The largest absolute Gasteiger partial charge is 0.459 e. The van der Waals surface area contributed by atoms with Crippen LogP contribution in [0.1, 0.15) is 26.7 Å². The molecule has 0 saturated heterocycles. The van der Waals surface area contributed by atoms with Crippen LogP contribution in [-0.2, 0) is 0 Å². The van der Waals surface area contributed by atoms with E-state index in [0.717, 1.165) is 5.56 Å². The molecular formula is C24H18N4O6S. The lowest BCUT2D eigenvalue weighted by Crippen LogP contribution is -2.34. The summed E-state index contributed by atoms with van der Waals surface area (Å²) in [4.78, 5) is 35.3. The van der Waals surface area contributed by atoms with Gasteiger partial charge in [-0.1, -0.05) is 18.2 Å². The lowest BCUT2D eigenvalue weighted by atomic mass is 10.1. The van der Waals surface area contributed by atoms with Crippen molar-refractivity contribution < 1.29 is 23.3 Å². The molecule has 2 heterocycles. The average Bonchev–Trinajstić information content (AvgIpc) is 3.54. The Hall–Kier alpha value is -4.77. The summed E-state index contributed by atoms with van der Waals surface area (Å²) in [7, 11) is 0. The summed E-state index contributed by atoms with van der Waals surface area (Å²) < 4.78 is 10.6. The van der Waals surface area contributed by atoms with Crippen LogP contribution in [0.15, 0.2) is 81.8 Å². The maximum atomic E-state index is 12.6. The van der Waals surface area contributed by atoms with Gasteiger partial charge < -0.3 is 19.5 Å². The van der Waals surface area contributed by atoms with E-state index >= 15 is 0 Å². The molecule has 2 amide bonds. The van der Waals surface area contributed by atoms with Gasteiger partial charge in [-0.05, 0) is 61.1 Å². The highest BCUT2D eigenvalue weighted by Gasteiger charge is 2.16. The van der Waals surface area contributed by atoms with Gasteiger partial charge in [0.15, 0.2) is 16.6 Å². The topological polar surface area (TPSA) is 140 Å². The zero-order valence-corrected chi connectivity index (χ0v) is 19.0. The number of carbonyl (C=O) groups is 2. The van der Waals surface area contributed by atoms with E-state index in [1.54, 1.807) is 42.5 Å². The highest BCUT2D eigenvalue weighted by molar-refractivity contribution is 7.80. The first-order valence-corrected chi connectivity index (χ1v) is 10.6. The quantitative estimate of drug-likeness (QED) is 0.192. The second kappa shape index (κ2) is 10.0. The number of benzene rings is 2. The fourth-order valence-corrected chi connectivity index (χ4v) is 3.34. The molecule has 0 radical (unpaired) electrons. The van der Waals surface area contributed by atoms with Crippen LogP contribution in [0, 0.1) is 17.0 Å². The number of hydrogen-bond donors (Lipinski definition) is 3. The molecule has 2 aromatic heterocycles. The first-order chi connectivity index (χ1) is 16.8. The molecule has 3 N–H and O–H groups in total. The Morgan fingerprint density at radius 3 is 2.51 bits per heavy atom. The van der Waals surface area contributed by atoms with E-state index in [1.165, 1.54) is 30.5 Å². The third-order valence-electron chi connectivity index (χ3n) is 4.89. The number of nitro groups is 1. The number of aryl methyl sites for hydroxylation is 1. The van der Waals surface area contributed by atoms with Crippen molar-refractivity contribution in [2.24, 2.45) is 0 Å². The first-order valence-electron chi connectivity index (χ1n) is 10.2. The van der Waals surface area contributed by atoms with Crippen LogP contribution in [-0.4, -0.2) is 21.9 Å². The number of non-ortho nitro benzene ring substituents is 1. The Morgan fingerprint density at radius 1 is 0.943 bits per heavy atom. The van der Waals surface area contributed by atoms with Gasteiger partial charge in [0.2, 0.25) is 0 Å². The Bertz CT molecular complexity index is 1430. The third kappa shape index (κ3) is 5.60. The van der Waals surface area contributed by atoms with E-state index in [-0.39, 0.29) is 22.3 Å². The molecular weight excluding hydrogens is 472 g/mol. The monoisotopic (exact) mass is 490 g/mol. The number of nitrogens with zero attached hydrogens (tertiary/aromatic N) is 1. The van der Waals surface area contributed by atoms with Crippen molar-refractivity contribution in [3.05, 3.63) is 100 Å². The molecule has 4 aromatic rings. The number of nitrogens with one attached hydrogen (secondary N) is 3. The minimum absolute atomic E-state index is 0.0147. The van der Waals surface area contributed by atoms with E-state index in [0.29, 0.717) is 22.7 Å². The normalized spacial score (nSPS) is 10.4. The molecule has 0 spiro atoms. The number of furan rings is 2. The predicted molar refractivity (Wildman–Crippen MR) is 132 cm³/mol. The number of anilines is 2. The molecule has 0 aliphatic heterocycles. The smallest absolute Gasteiger partial charge is 0.293 e. The predicted octanol–water partition coefficient (Wildman–Crippen LogP) is 5.14. The second-order valence-corrected chi connectivity index (χ2v) is 7.75. The molecule has 0 aliphatic carbocycles. The van der Waals surface area contributed by atoms with Crippen molar-refractivity contribution >= 4 is 46.2 Å². The molecule has 11 heteroatoms. The Labute approximate surface area is 204 Å². The number of nitro benzene ring substituents is 1. The molecule has 0 saturated carbocycles. The standard InChI is InChI=1S/C24H18N4O6S/c1-14-7-8-16(25-22(29)20-6-3-11-33-20)13-18(14)26-24(35)27-23(30)21-10-9-19(34-21)15-4-2-5-17(12-15)28(31)32/h2-13H,1H3,(H,25,29)(H2,26,27,30,35). The molecule has 0 atom stereocenters. The number of amides is 2. The summed E-state index contributed by atoms with van der Waals surface area (Å²) in [6.07, 6.45) is 1.41. The van der Waals surface area contributed by atoms with Gasteiger partial charge in [0.1, 0.15) is 5.76 Å². The van der Waals surface area contributed by atoms with Crippen LogP contribution >= 0.6 is 12.2 Å². The Kier molecular flexibility index (Phi) is 6.69. The van der Waals surface area contributed by atoms with E-state index in [2.05, 4.69) is 16.0 Å². The molecule has 2 aromatic carbocycles. The maximum absolute atomic E-state index is 12.6. The molecule has 176 valence electrons. The average molecular weight is 490 g/mol. The summed E-state index contributed by atoms with van der Waals surface area (Å²) in [5.41, 5.74) is 2.27. The van der Waals surface area contributed by atoms with Crippen molar-refractivity contribution in [2.75, 3.05) is 10.6 Å². The van der Waals surface area contributed by atoms with Crippen molar-refractivity contribution in [1.29, 1.82) is 0 Å². The van der Waals surface area contributed by atoms with Crippen molar-refractivity contribution in [2.45, 2.75) is 6.92 Å². The van der Waals surface area contributed by atoms with Gasteiger partial charge in [0.05, 0.1) is 11.2 Å².